The van der Waals surface area contributed by atoms with Crippen LogP contribution in [-0.2, 0) is 6.18 Å². The van der Waals surface area contributed by atoms with Gasteiger partial charge in [-0.3, -0.25) is 0 Å². The quantitative estimate of drug-likeness (QED) is 0.710. The van der Waals surface area contributed by atoms with E-state index in [9.17, 15) is 26.3 Å². The second kappa shape index (κ2) is 6.02. The van der Waals surface area contributed by atoms with Crippen LogP contribution in [0, 0.1) is 0 Å². The molecule has 2 aromatic carbocycles. The third kappa shape index (κ3) is 4.30. The molecule has 0 radical (unpaired) electrons. The molecule has 8 heteroatoms. The monoisotopic (exact) mass is 336 g/mol. The van der Waals surface area contributed by atoms with Crippen molar-refractivity contribution in [3.8, 4) is 22.6 Å². The molecule has 0 aromatic heterocycles. The lowest BCUT2D eigenvalue weighted by Gasteiger charge is -2.14. The number of halogens is 6. The van der Waals surface area contributed by atoms with Crippen molar-refractivity contribution < 1.29 is 35.8 Å². The van der Waals surface area contributed by atoms with Crippen LogP contribution in [-0.4, -0.2) is 13.5 Å². The normalized spacial score (nSPS) is 12.1. The SMILES string of the molecule is COc1ccc(-c2cccc(OC(F)(F)F)c2)cc1C(F)(F)F. The summed E-state index contributed by atoms with van der Waals surface area (Å²) >= 11 is 0. The van der Waals surface area contributed by atoms with Crippen LogP contribution in [0.4, 0.5) is 26.3 Å². The molecule has 0 spiro atoms. The Kier molecular flexibility index (Phi) is 4.44. The topological polar surface area (TPSA) is 18.5 Å². The summed E-state index contributed by atoms with van der Waals surface area (Å²) in [7, 11) is 1.10. The van der Waals surface area contributed by atoms with Gasteiger partial charge in [0.1, 0.15) is 11.5 Å². The predicted molar refractivity (Wildman–Crippen MR) is 70.1 cm³/mol. The van der Waals surface area contributed by atoms with Crippen molar-refractivity contribution >= 4 is 0 Å². The van der Waals surface area contributed by atoms with Crippen molar-refractivity contribution in [1.29, 1.82) is 0 Å². The van der Waals surface area contributed by atoms with E-state index >= 15 is 0 Å². The maximum atomic E-state index is 13.0. The molecule has 0 atom stereocenters. The Morgan fingerprint density at radius 3 is 2.04 bits per heavy atom. The van der Waals surface area contributed by atoms with Crippen molar-refractivity contribution in [3.05, 3.63) is 48.0 Å². The van der Waals surface area contributed by atoms with Gasteiger partial charge in [-0.2, -0.15) is 13.2 Å². The summed E-state index contributed by atoms with van der Waals surface area (Å²) in [6.45, 7) is 0. The van der Waals surface area contributed by atoms with Crippen molar-refractivity contribution in [3.63, 3.8) is 0 Å². The standard InChI is InChI=1S/C15H10F6O2/c1-22-13-6-5-10(8-12(13)14(16,17)18)9-3-2-4-11(7-9)23-15(19,20)21/h2-8H,1H3. The molecular formula is C15H10F6O2. The Morgan fingerprint density at radius 1 is 0.826 bits per heavy atom. The third-order valence-corrected chi connectivity index (χ3v) is 2.91. The van der Waals surface area contributed by atoms with Gasteiger partial charge in [0.2, 0.25) is 0 Å². The van der Waals surface area contributed by atoms with Gasteiger partial charge in [0.15, 0.2) is 0 Å². The smallest absolute Gasteiger partial charge is 0.496 e. The Bertz CT molecular complexity index is 691. The molecule has 2 aromatic rings. The van der Waals surface area contributed by atoms with Crippen LogP contribution in [0.1, 0.15) is 5.56 Å². The molecule has 0 saturated heterocycles. The highest BCUT2D eigenvalue weighted by molar-refractivity contribution is 5.67. The summed E-state index contributed by atoms with van der Waals surface area (Å²) in [5, 5.41) is 0. The number of rotatable bonds is 3. The predicted octanol–water partition coefficient (Wildman–Crippen LogP) is 5.28. The van der Waals surface area contributed by atoms with E-state index in [4.69, 9.17) is 0 Å². The first-order valence-corrected chi connectivity index (χ1v) is 6.21. The van der Waals surface area contributed by atoms with Crippen molar-refractivity contribution in [2.24, 2.45) is 0 Å². The second-order valence-corrected chi connectivity index (χ2v) is 4.49. The molecule has 2 rings (SSSR count). The fraction of sp³-hybridized carbons (Fsp3) is 0.200. The average Bonchev–Trinajstić information content (AvgIpc) is 2.44. The van der Waals surface area contributed by atoms with Crippen LogP contribution in [0.2, 0.25) is 0 Å². The van der Waals surface area contributed by atoms with E-state index in [2.05, 4.69) is 9.47 Å². The second-order valence-electron chi connectivity index (χ2n) is 4.49. The van der Waals surface area contributed by atoms with Gasteiger partial charge in [0.05, 0.1) is 12.7 Å². The van der Waals surface area contributed by atoms with Crippen LogP contribution in [0.15, 0.2) is 42.5 Å². The van der Waals surface area contributed by atoms with Gasteiger partial charge >= 0.3 is 12.5 Å². The minimum atomic E-state index is -4.88. The molecule has 0 aliphatic heterocycles. The number of ether oxygens (including phenoxy) is 2. The van der Waals surface area contributed by atoms with Gasteiger partial charge in [-0.1, -0.05) is 18.2 Å². The lowest BCUT2D eigenvalue weighted by Crippen LogP contribution is -2.17. The molecule has 0 amide bonds. The largest absolute Gasteiger partial charge is 0.573 e. The minimum absolute atomic E-state index is 0.0887. The van der Waals surface area contributed by atoms with Crippen LogP contribution in [0.5, 0.6) is 11.5 Å². The van der Waals surface area contributed by atoms with Crippen molar-refractivity contribution in [2.45, 2.75) is 12.5 Å². The fourth-order valence-electron chi connectivity index (χ4n) is 1.98. The number of benzene rings is 2. The maximum absolute atomic E-state index is 13.0. The van der Waals surface area contributed by atoms with Crippen LogP contribution < -0.4 is 9.47 Å². The van der Waals surface area contributed by atoms with E-state index in [0.717, 1.165) is 31.4 Å². The lowest BCUT2D eigenvalue weighted by molar-refractivity contribution is -0.274. The summed E-state index contributed by atoms with van der Waals surface area (Å²) in [4.78, 5) is 0. The van der Waals surface area contributed by atoms with Crippen LogP contribution in [0.25, 0.3) is 11.1 Å². The van der Waals surface area contributed by atoms with E-state index in [1.165, 1.54) is 18.2 Å². The molecule has 0 unspecified atom stereocenters. The zero-order valence-electron chi connectivity index (χ0n) is 11.6. The Hall–Kier alpha value is -2.38. The summed E-state index contributed by atoms with van der Waals surface area (Å²) in [6.07, 6.45) is -9.53. The van der Waals surface area contributed by atoms with Crippen LogP contribution >= 0.6 is 0 Å². The molecule has 23 heavy (non-hydrogen) atoms. The first-order chi connectivity index (χ1) is 10.6. The number of hydrogen-bond acceptors (Lipinski definition) is 2. The highest BCUT2D eigenvalue weighted by Crippen LogP contribution is 2.39. The molecule has 0 heterocycles. The number of methoxy groups -OCH3 is 1. The highest BCUT2D eigenvalue weighted by atomic mass is 19.4. The van der Waals surface area contributed by atoms with E-state index in [1.54, 1.807) is 0 Å². The summed E-state index contributed by atoms with van der Waals surface area (Å²) in [5.41, 5.74) is -0.773. The minimum Gasteiger partial charge on any atom is -0.496 e. The Balaban J connectivity index is 2.45. The molecule has 0 bridgehead atoms. The van der Waals surface area contributed by atoms with Gasteiger partial charge in [0.25, 0.3) is 0 Å². The maximum Gasteiger partial charge on any atom is 0.573 e. The molecule has 0 aliphatic rings. The molecule has 124 valence electrons. The van der Waals surface area contributed by atoms with Crippen molar-refractivity contribution in [1.82, 2.24) is 0 Å². The number of alkyl halides is 6. The van der Waals surface area contributed by atoms with Crippen molar-refractivity contribution in [2.75, 3.05) is 7.11 Å². The van der Waals surface area contributed by atoms with Gasteiger partial charge in [-0.25, -0.2) is 0 Å². The van der Waals surface area contributed by atoms with E-state index in [1.807, 2.05) is 0 Å². The summed E-state index contributed by atoms with van der Waals surface area (Å²) < 4.78 is 84.0. The van der Waals surface area contributed by atoms with Crippen LogP contribution in [0.3, 0.4) is 0 Å². The first-order valence-electron chi connectivity index (χ1n) is 6.21. The summed E-state index contributed by atoms with van der Waals surface area (Å²) in [6, 6.07) is 7.95. The first kappa shape index (κ1) is 17.0. The van der Waals surface area contributed by atoms with E-state index < -0.39 is 23.9 Å². The third-order valence-electron chi connectivity index (χ3n) is 2.91. The molecule has 2 nitrogen and oxygen atoms in total. The number of hydrogen-bond donors (Lipinski definition) is 0. The summed E-state index contributed by atoms with van der Waals surface area (Å²) in [5.74, 6) is -0.886. The molecular weight excluding hydrogens is 326 g/mol. The van der Waals surface area contributed by atoms with E-state index in [-0.39, 0.29) is 16.9 Å². The average molecular weight is 336 g/mol. The van der Waals surface area contributed by atoms with Gasteiger partial charge in [-0.15, -0.1) is 13.2 Å². The molecule has 0 saturated carbocycles. The van der Waals surface area contributed by atoms with Gasteiger partial charge in [0, 0.05) is 0 Å². The lowest BCUT2D eigenvalue weighted by atomic mass is 10.0. The highest BCUT2D eigenvalue weighted by Gasteiger charge is 2.35. The molecule has 0 fully saturated rings. The van der Waals surface area contributed by atoms with Gasteiger partial charge in [-0.05, 0) is 35.4 Å². The Morgan fingerprint density at radius 2 is 1.48 bits per heavy atom. The fourth-order valence-corrected chi connectivity index (χ4v) is 1.98. The zero-order valence-corrected chi connectivity index (χ0v) is 11.6. The Labute approximate surface area is 127 Å². The zero-order chi connectivity index (χ0) is 17.3. The van der Waals surface area contributed by atoms with Gasteiger partial charge < -0.3 is 9.47 Å². The molecule has 0 N–H and O–H groups in total. The van der Waals surface area contributed by atoms with E-state index in [0.29, 0.717) is 0 Å². The molecule has 0 aliphatic carbocycles.